The molecule has 0 heterocycles. The van der Waals surface area contributed by atoms with Crippen molar-refractivity contribution in [3.63, 3.8) is 0 Å². The van der Waals surface area contributed by atoms with E-state index in [1.165, 1.54) is 5.56 Å². The van der Waals surface area contributed by atoms with Gasteiger partial charge in [0.05, 0.1) is 6.10 Å². The minimum absolute atomic E-state index is 0.0492. The average molecular weight is 206 g/mol. The molecule has 0 spiro atoms. The van der Waals surface area contributed by atoms with Crippen LogP contribution in [0.4, 0.5) is 0 Å². The third kappa shape index (κ3) is 2.82. The Bertz CT molecular complexity index is 315. The highest BCUT2D eigenvalue weighted by Crippen LogP contribution is 2.36. The van der Waals surface area contributed by atoms with E-state index in [0.717, 1.165) is 18.4 Å². The van der Waals surface area contributed by atoms with Crippen LogP contribution in [0.15, 0.2) is 24.3 Å². The smallest absolute Gasteiger partial charge is 0.0840 e. The first-order valence-corrected chi connectivity index (χ1v) is 5.78. The molecule has 1 unspecified atom stereocenters. The lowest BCUT2D eigenvalue weighted by atomic mass is 9.80. The van der Waals surface area contributed by atoms with Crippen LogP contribution in [-0.4, -0.2) is 5.11 Å². The van der Waals surface area contributed by atoms with Crippen LogP contribution in [0.5, 0.6) is 0 Å². The summed E-state index contributed by atoms with van der Waals surface area (Å²) in [7, 11) is 0. The van der Waals surface area contributed by atoms with Crippen LogP contribution >= 0.6 is 0 Å². The van der Waals surface area contributed by atoms with Gasteiger partial charge >= 0.3 is 0 Å². The van der Waals surface area contributed by atoms with Crippen molar-refractivity contribution in [3.05, 3.63) is 35.4 Å². The zero-order valence-electron chi connectivity index (χ0n) is 10.2. The van der Waals surface area contributed by atoms with E-state index in [1.807, 2.05) is 12.1 Å². The molecule has 1 nitrogen and oxygen atoms in total. The summed E-state index contributed by atoms with van der Waals surface area (Å²) in [5, 5.41) is 10.3. The van der Waals surface area contributed by atoms with Crippen molar-refractivity contribution in [2.24, 2.45) is 5.41 Å². The zero-order chi connectivity index (χ0) is 11.5. The second-order valence-corrected chi connectivity index (χ2v) is 4.84. The van der Waals surface area contributed by atoms with E-state index >= 15 is 0 Å². The van der Waals surface area contributed by atoms with E-state index in [1.54, 1.807) is 0 Å². The van der Waals surface area contributed by atoms with Gasteiger partial charge in [0, 0.05) is 0 Å². The van der Waals surface area contributed by atoms with Crippen molar-refractivity contribution in [1.29, 1.82) is 0 Å². The van der Waals surface area contributed by atoms with Gasteiger partial charge in [-0.1, -0.05) is 52.0 Å². The molecule has 0 bridgehead atoms. The lowest BCUT2D eigenvalue weighted by molar-refractivity contribution is 0.0465. The number of aliphatic hydroxyl groups is 1. The Balaban J connectivity index is 2.95. The molecule has 0 amide bonds. The molecule has 0 fully saturated rings. The highest BCUT2D eigenvalue weighted by molar-refractivity contribution is 5.26. The standard InChI is InChI=1S/C14H22O/c1-5-11-8-7-9-12(10-11)13(15)14(3,4)6-2/h7-10,13,15H,5-6H2,1-4H3. The molecule has 1 atom stereocenters. The van der Waals surface area contributed by atoms with Gasteiger partial charge in [0.25, 0.3) is 0 Å². The minimum Gasteiger partial charge on any atom is -0.388 e. The average Bonchev–Trinajstić information content (AvgIpc) is 2.28. The van der Waals surface area contributed by atoms with E-state index in [4.69, 9.17) is 0 Å². The minimum atomic E-state index is -0.367. The van der Waals surface area contributed by atoms with E-state index < -0.39 is 0 Å². The topological polar surface area (TPSA) is 20.2 Å². The molecule has 0 saturated heterocycles. The molecule has 1 aromatic rings. The third-order valence-electron chi connectivity index (χ3n) is 3.33. The second kappa shape index (κ2) is 4.80. The Kier molecular flexibility index (Phi) is 3.92. The Labute approximate surface area is 93.1 Å². The molecule has 1 heteroatoms. The van der Waals surface area contributed by atoms with Crippen LogP contribution in [0, 0.1) is 5.41 Å². The maximum absolute atomic E-state index is 10.3. The van der Waals surface area contributed by atoms with Crippen molar-refractivity contribution in [2.45, 2.75) is 46.6 Å². The first-order chi connectivity index (χ1) is 7.01. The molecular formula is C14H22O. The molecule has 0 radical (unpaired) electrons. The summed E-state index contributed by atoms with van der Waals surface area (Å²) < 4.78 is 0. The van der Waals surface area contributed by atoms with Gasteiger partial charge in [-0.3, -0.25) is 0 Å². The van der Waals surface area contributed by atoms with Crippen LogP contribution < -0.4 is 0 Å². The molecule has 0 saturated carbocycles. The van der Waals surface area contributed by atoms with E-state index in [2.05, 4.69) is 39.8 Å². The number of hydrogen-bond acceptors (Lipinski definition) is 1. The number of hydrogen-bond donors (Lipinski definition) is 1. The maximum Gasteiger partial charge on any atom is 0.0840 e. The fraction of sp³-hybridized carbons (Fsp3) is 0.571. The predicted octanol–water partition coefficient (Wildman–Crippen LogP) is 3.72. The summed E-state index contributed by atoms with van der Waals surface area (Å²) in [5.41, 5.74) is 2.28. The molecule has 0 aliphatic carbocycles. The Morgan fingerprint density at radius 1 is 1.27 bits per heavy atom. The van der Waals surface area contributed by atoms with Crippen LogP contribution in [0.1, 0.15) is 51.3 Å². The van der Waals surface area contributed by atoms with Gasteiger partial charge in [-0.2, -0.15) is 0 Å². The van der Waals surface area contributed by atoms with Crippen molar-refractivity contribution in [2.75, 3.05) is 0 Å². The van der Waals surface area contributed by atoms with E-state index in [-0.39, 0.29) is 11.5 Å². The monoisotopic (exact) mass is 206 g/mol. The van der Waals surface area contributed by atoms with Crippen LogP contribution in [-0.2, 0) is 6.42 Å². The van der Waals surface area contributed by atoms with Gasteiger partial charge in [0.15, 0.2) is 0 Å². The molecule has 0 aliphatic heterocycles. The van der Waals surface area contributed by atoms with E-state index in [0.29, 0.717) is 0 Å². The predicted molar refractivity (Wildman–Crippen MR) is 64.9 cm³/mol. The molecule has 84 valence electrons. The van der Waals surface area contributed by atoms with Gasteiger partial charge in [0.2, 0.25) is 0 Å². The first kappa shape index (κ1) is 12.3. The Morgan fingerprint density at radius 3 is 2.47 bits per heavy atom. The molecule has 0 aromatic heterocycles. The van der Waals surface area contributed by atoms with Gasteiger partial charge in [0.1, 0.15) is 0 Å². The normalized spacial score (nSPS) is 13.9. The molecule has 15 heavy (non-hydrogen) atoms. The Hall–Kier alpha value is -0.820. The van der Waals surface area contributed by atoms with Gasteiger partial charge in [-0.25, -0.2) is 0 Å². The Morgan fingerprint density at radius 2 is 1.93 bits per heavy atom. The zero-order valence-corrected chi connectivity index (χ0v) is 10.2. The largest absolute Gasteiger partial charge is 0.388 e. The van der Waals surface area contributed by atoms with Crippen LogP contribution in [0.2, 0.25) is 0 Å². The van der Waals surface area contributed by atoms with Crippen molar-refractivity contribution in [1.82, 2.24) is 0 Å². The fourth-order valence-corrected chi connectivity index (χ4v) is 1.63. The molecular weight excluding hydrogens is 184 g/mol. The summed E-state index contributed by atoms with van der Waals surface area (Å²) in [4.78, 5) is 0. The molecule has 1 rings (SSSR count). The van der Waals surface area contributed by atoms with Crippen LogP contribution in [0.3, 0.4) is 0 Å². The summed E-state index contributed by atoms with van der Waals surface area (Å²) in [6, 6.07) is 8.27. The molecule has 0 aliphatic rings. The second-order valence-electron chi connectivity index (χ2n) is 4.84. The van der Waals surface area contributed by atoms with Crippen molar-refractivity contribution in [3.8, 4) is 0 Å². The van der Waals surface area contributed by atoms with E-state index in [9.17, 15) is 5.11 Å². The SMILES string of the molecule is CCc1cccc(C(O)C(C)(C)CC)c1. The highest BCUT2D eigenvalue weighted by atomic mass is 16.3. The summed E-state index contributed by atoms with van der Waals surface area (Å²) >= 11 is 0. The molecule has 1 aromatic carbocycles. The van der Waals surface area contributed by atoms with Crippen LogP contribution in [0.25, 0.3) is 0 Å². The first-order valence-electron chi connectivity index (χ1n) is 5.78. The number of benzene rings is 1. The third-order valence-corrected chi connectivity index (χ3v) is 3.33. The lowest BCUT2D eigenvalue weighted by Crippen LogP contribution is -2.21. The van der Waals surface area contributed by atoms with Crippen molar-refractivity contribution < 1.29 is 5.11 Å². The number of rotatable bonds is 4. The number of aliphatic hydroxyl groups excluding tert-OH is 1. The fourth-order valence-electron chi connectivity index (χ4n) is 1.63. The van der Waals surface area contributed by atoms with Crippen molar-refractivity contribution >= 4 is 0 Å². The maximum atomic E-state index is 10.3. The molecule has 1 N–H and O–H groups in total. The van der Waals surface area contributed by atoms with Gasteiger partial charge in [-0.15, -0.1) is 0 Å². The summed E-state index contributed by atoms with van der Waals surface area (Å²) in [6.45, 7) is 8.47. The quantitative estimate of drug-likeness (QED) is 0.796. The van der Waals surface area contributed by atoms with Gasteiger partial charge in [-0.05, 0) is 29.4 Å². The summed E-state index contributed by atoms with van der Waals surface area (Å²) in [6.07, 6.45) is 1.63. The lowest BCUT2D eigenvalue weighted by Gasteiger charge is -2.29. The number of aryl methyl sites for hydroxylation is 1. The highest BCUT2D eigenvalue weighted by Gasteiger charge is 2.26. The summed E-state index contributed by atoms with van der Waals surface area (Å²) in [5.74, 6) is 0. The van der Waals surface area contributed by atoms with Gasteiger partial charge < -0.3 is 5.11 Å².